The Morgan fingerprint density at radius 3 is 1.27 bits per heavy atom. The largest absolute Gasteiger partial charge is 0.390 e. The molecule has 4 heteroatoms. The van der Waals surface area contributed by atoms with Crippen LogP contribution >= 0.6 is 12.4 Å². The molecule has 0 bridgehead atoms. The van der Waals surface area contributed by atoms with Crippen molar-refractivity contribution in [2.45, 2.75) is 33.8 Å². The highest BCUT2D eigenvalue weighted by Gasteiger charge is 2.11. The number of likely N-dealkylation sites (N-methyl/N-ethyl adjacent to an activating group) is 2. The fourth-order valence-corrected chi connectivity index (χ4v) is 1.62. The number of halogens is 1. The van der Waals surface area contributed by atoms with E-state index < -0.39 is 0 Å². The molecular formula is C11H27ClN2O. The van der Waals surface area contributed by atoms with E-state index in [2.05, 4.69) is 37.5 Å². The Balaban J connectivity index is 0. The minimum absolute atomic E-state index is 0. The molecule has 0 aromatic carbocycles. The zero-order valence-electron chi connectivity index (χ0n) is 10.6. The molecule has 0 atom stereocenters. The van der Waals surface area contributed by atoms with Crippen LogP contribution in [-0.4, -0.2) is 60.3 Å². The van der Waals surface area contributed by atoms with Crippen LogP contribution in [0.15, 0.2) is 0 Å². The van der Waals surface area contributed by atoms with Crippen LogP contribution in [0.4, 0.5) is 0 Å². The molecule has 15 heavy (non-hydrogen) atoms. The van der Waals surface area contributed by atoms with E-state index in [-0.39, 0.29) is 18.5 Å². The number of hydrogen-bond donors (Lipinski definition) is 1. The number of aliphatic hydroxyl groups is 1. The molecular weight excluding hydrogens is 212 g/mol. The molecule has 0 saturated carbocycles. The van der Waals surface area contributed by atoms with Crippen LogP contribution < -0.4 is 0 Å². The van der Waals surface area contributed by atoms with Gasteiger partial charge in [0.2, 0.25) is 0 Å². The van der Waals surface area contributed by atoms with Gasteiger partial charge in [0.15, 0.2) is 0 Å². The predicted molar refractivity (Wildman–Crippen MR) is 68.8 cm³/mol. The fourth-order valence-electron chi connectivity index (χ4n) is 1.62. The molecule has 0 aromatic heterocycles. The van der Waals surface area contributed by atoms with Crippen molar-refractivity contribution >= 4 is 12.4 Å². The molecule has 0 spiro atoms. The van der Waals surface area contributed by atoms with E-state index in [0.717, 1.165) is 39.3 Å². The number of hydrogen-bond acceptors (Lipinski definition) is 3. The summed E-state index contributed by atoms with van der Waals surface area (Å²) < 4.78 is 0. The molecule has 0 aliphatic carbocycles. The summed E-state index contributed by atoms with van der Waals surface area (Å²) in [5.74, 6) is 0. The monoisotopic (exact) mass is 238 g/mol. The summed E-state index contributed by atoms with van der Waals surface area (Å²) >= 11 is 0. The zero-order chi connectivity index (χ0) is 11.0. The average molecular weight is 239 g/mol. The van der Waals surface area contributed by atoms with Crippen LogP contribution in [0.25, 0.3) is 0 Å². The summed E-state index contributed by atoms with van der Waals surface area (Å²) in [6, 6.07) is 0. The highest BCUT2D eigenvalue weighted by atomic mass is 35.5. The average Bonchev–Trinajstić information content (AvgIpc) is 2.22. The zero-order valence-corrected chi connectivity index (χ0v) is 11.4. The van der Waals surface area contributed by atoms with Gasteiger partial charge in [0.05, 0.1) is 6.10 Å². The van der Waals surface area contributed by atoms with Gasteiger partial charge in [0, 0.05) is 13.1 Å². The Kier molecular flexibility index (Phi) is 12.5. The van der Waals surface area contributed by atoms with Crippen molar-refractivity contribution in [3.05, 3.63) is 0 Å². The van der Waals surface area contributed by atoms with E-state index in [9.17, 15) is 5.11 Å². The second-order valence-corrected chi connectivity index (χ2v) is 3.63. The number of aliphatic hydroxyl groups excluding tert-OH is 1. The SMILES string of the molecule is CCN(CC)CC(O)CN(CC)CC.Cl. The summed E-state index contributed by atoms with van der Waals surface area (Å²) in [5, 5.41) is 9.83. The van der Waals surface area contributed by atoms with E-state index in [1.165, 1.54) is 0 Å². The molecule has 0 aliphatic rings. The van der Waals surface area contributed by atoms with Crippen molar-refractivity contribution in [2.75, 3.05) is 39.3 Å². The maximum absolute atomic E-state index is 9.83. The van der Waals surface area contributed by atoms with Crippen molar-refractivity contribution in [1.82, 2.24) is 9.80 Å². The maximum Gasteiger partial charge on any atom is 0.0793 e. The van der Waals surface area contributed by atoms with Crippen LogP contribution in [0, 0.1) is 0 Å². The first-order chi connectivity index (χ1) is 6.67. The summed E-state index contributed by atoms with van der Waals surface area (Å²) in [7, 11) is 0. The van der Waals surface area contributed by atoms with Gasteiger partial charge in [-0.05, 0) is 26.2 Å². The molecule has 0 aliphatic heterocycles. The van der Waals surface area contributed by atoms with E-state index in [1.807, 2.05) is 0 Å². The van der Waals surface area contributed by atoms with E-state index in [0.29, 0.717) is 0 Å². The minimum Gasteiger partial charge on any atom is -0.390 e. The maximum atomic E-state index is 9.83. The fraction of sp³-hybridized carbons (Fsp3) is 1.00. The molecule has 0 rings (SSSR count). The molecule has 0 radical (unpaired) electrons. The minimum atomic E-state index is -0.213. The van der Waals surface area contributed by atoms with Gasteiger partial charge in [0.25, 0.3) is 0 Å². The lowest BCUT2D eigenvalue weighted by atomic mass is 10.3. The topological polar surface area (TPSA) is 26.7 Å². The molecule has 0 aromatic rings. The second kappa shape index (κ2) is 10.7. The normalized spacial score (nSPS) is 11.2. The van der Waals surface area contributed by atoms with Crippen molar-refractivity contribution in [2.24, 2.45) is 0 Å². The van der Waals surface area contributed by atoms with Gasteiger partial charge < -0.3 is 14.9 Å². The van der Waals surface area contributed by atoms with Crippen LogP contribution in [-0.2, 0) is 0 Å². The van der Waals surface area contributed by atoms with E-state index in [4.69, 9.17) is 0 Å². The van der Waals surface area contributed by atoms with Crippen LogP contribution in [0.2, 0.25) is 0 Å². The molecule has 0 heterocycles. The third kappa shape index (κ3) is 8.03. The summed E-state index contributed by atoms with van der Waals surface area (Å²) in [4.78, 5) is 4.52. The van der Waals surface area contributed by atoms with Gasteiger partial charge in [-0.1, -0.05) is 27.7 Å². The second-order valence-electron chi connectivity index (χ2n) is 3.63. The van der Waals surface area contributed by atoms with Gasteiger partial charge in [-0.2, -0.15) is 0 Å². The third-order valence-electron chi connectivity index (χ3n) is 2.73. The third-order valence-corrected chi connectivity index (χ3v) is 2.73. The first-order valence-electron chi connectivity index (χ1n) is 5.80. The Bertz CT molecular complexity index is 114. The summed E-state index contributed by atoms with van der Waals surface area (Å²) in [5.41, 5.74) is 0. The Hall–Kier alpha value is 0.170. The molecule has 1 N–H and O–H groups in total. The molecule has 3 nitrogen and oxygen atoms in total. The number of rotatable bonds is 8. The van der Waals surface area contributed by atoms with Crippen molar-refractivity contribution < 1.29 is 5.11 Å². The molecule has 94 valence electrons. The number of nitrogens with zero attached hydrogens (tertiary/aromatic N) is 2. The lowest BCUT2D eigenvalue weighted by Crippen LogP contribution is -2.40. The van der Waals surface area contributed by atoms with Crippen LogP contribution in [0.1, 0.15) is 27.7 Å². The van der Waals surface area contributed by atoms with Crippen LogP contribution in [0.5, 0.6) is 0 Å². The lowest BCUT2D eigenvalue weighted by Gasteiger charge is -2.26. The van der Waals surface area contributed by atoms with Crippen LogP contribution in [0.3, 0.4) is 0 Å². The van der Waals surface area contributed by atoms with E-state index >= 15 is 0 Å². The summed E-state index contributed by atoms with van der Waals surface area (Å²) in [6.45, 7) is 14.2. The van der Waals surface area contributed by atoms with Crippen molar-refractivity contribution in [3.8, 4) is 0 Å². The highest BCUT2D eigenvalue weighted by molar-refractivity contribution is 5.85. The molecule has 0 fully saturated rings. The molecule has 0 saturated heterocycles. The van der Waals surface area contributed by atoms with Gasteiger partial charge in [-0.3, -0.25) is 0 Å². The molecule has 0 unspecified atom stereocenters. The molecule has 0 amide bonds. The quantitative estimate of drug-likeness (QED) is 0.694. The van der Waals surface area contributed by atoms with Gasteiger partial charge in [-0.15, -0.1) is 12.4 Å². The first kappa shape index (κ1) is 17.6. The summed E-state index contributed by atoms with van der Waals surface area (Å²) in [6.07, 6.45) is -0.213. The van der Waals surface area contributed by atoms with Crippen molar-refractivity contribution in [3.63, 3.8) is 0 Å². The van der Waals surface area contributed by atoms with Gasteiger partial charge >= 0.3 is 0 Å². The van der Waals surface area contributed by atoms with Crippen molar-refractivity contribution in [1.29, 1.82) is 0 Å². The van der Waals surface area contributed by atoms with E-state index in [1.54, 1.807) is 0 Å². The highest BCUT2D eigenvalue weighted by Crippen LogP contribution is 1.96. The van der Waals surface area contributed by atoms with Gasteiger partial charge in [-0.25, -0.2) is 0 Å². The Morgan fingerprint density at radius 2 is 1.07 bits per heavy atom. The Morgan fingerprint density at radius 1 is 0.800 bits per heavy atom. The lowest BCUT2D eigenvalue weighted by molar-refractivity contribution is 0.0807. The predicted octanol–water partition coefficient (Wildman–Crippen LogP) is 1.45. The smallest absolute Gasteiger partial charge is 0.0793 e. The Labute approximate surface area is 101 Å². The van der Waals surface area contributed by atoms with Gasteiger partial charge in [0.1, 0.15) is 0 Å². The standard InChI is InChI=1S/C11H26N2O.ClH/c1-5-12(6-2)9-11(14)10-13(7-3)8-4;/h11,14H,5-10H2,1-4H3;1H. The first-order valence-corrected chi connectivity index (χ1v) is 5.80.